The molecule has 1 heterocycles. The molecular formula is C21H17F2N3O3. The van der Waals surface area contributed by atoms with Gasteiger partial charge in [0.1, 0.15) is 5.75 Å². The Labute approximate surface area is 165 Å². The first-order chi connectivity index (χ1) is 14.0. The second-order valence-electron chi connectivity index (χ2n) is 5.95. The number of nitrogens with one attached hydrogen (secondary N) is 2. The smallest absolute Gasteiger partial charge is 0.387 e. The van der Waals surface area contributed by atoms with Gasteiger partial charge in [0.25, 0.3) is 11.8 Å². The lowest BCUT2D eigenvalue weighted by Crippen LogP contribution is -2.24. The Morgan fingerprint density at radius 2 is 1.72 bits per heavy atom. The Hall–Kier alpha value is -3.81. The monoisotopic (exact) mass is 397 g/mol. The molecule has 2 amide bonds. The topological polar surface area (TPSA) is 80.3 Å². The molecule has 0 aliphatic rings. The fourth-order valence-corrected chi connectivity index (χ4v) is 2.60. The van der Waals surface area contributed by atoms with Crippen molar-refractivity contribution >= 4 is 17.5 Å². The lowest BCUT2D eigenvalue weighted by molar-refractivity contribution is -0.0501. The number of amides is 2. The molecular weight excluding hydrogens is 380 g/mol. The van der Waals surface area contributed by atoms with Crippen LogP contribution in [0, 0.1) is 0 Å². The molecule has 2 aromatic carbocycles. The molecule has 0 saturated carbocycles. The number of nitrogens with zero attached hydrogens (tertiary/aromatic N) is 1. The number of carbonyl (C=O) groups is 2. The fourth-order valence-electron chi connectivity index (χ4n) is 2.60. The summed E-state index contributed by atoms with van der Waals surface area (Å²) in [6, 6.07) is 15.9. The number of halogens is 2. The third-order valence-electron chi connectivity index (χ3n) is 3.93. The van der Waals surface area contributed by atoms with Crippen molar-refractivity contribution in [2.75, 3.05) is 5.32 Å². The summed E-state index contributed by atoms with van der Waals surface area (Å²) in [6.45, 7) is -2.88. The number of alkyl halides is 2. The summed E-state index contributed by atoms with van der Waals surface area (Å²) >= 11 is 0. The molecule has 0 spiro atoms. The van der Waals surface area contributed by atoms with Gasteiger partial charge in [-0.1, -0.05) is 24.3 Å². The van der Waals surface area contributed by atoms with E-state index in [4.69, 9.17) is 0 Å². The summed E-state index contributed by atoms with van der Waals surface area (Å²) in [7, 11) is 0. The Bertz CT molecular complexity index is 997. The van der Waals surface area contributed by atoms with E-state index >= 15 is 0 Å². The molecule has 3 aromatic rings. The van der Waals surface area contributed by atoms with Crippen LogP contribution in [0.3, 0.4) is 0 Å². The van der Waals surface area contributed by atoms with Crippen molar-refractivity contribution in [2.45, 2.75) is 13.2 Å². The predicted molar refractivity (Wildman–Crippen MR) is 103 cm³/mol. The van der Waals surface area contributed by atoms with Crippen LogP contribution >= 0.6 is 0 Å². The van der Waals surface area contributed by atoms with E-state index in [1.807, 2.05) is 0 Å². The van der Waals surface area contributed by atoms with Gasteiger partial charge in [-0.3, -0.25) is 14.6 Å². The Balaban J connectivity index is 1.64. The molecule has 0 radical (unpaired) electrons. The summed E-state index contributed by atoms with van der Waals surface area (Å²) in [6.07, 6.45) is 3.05. The summed E-state index contributed by atoms with van der Waals surface area (Å²) in [5.41, 5.74) is 1.75. The van der Waals surface area contributed by atoms with Crippen LogP contribution in [0.15, 0.2) is 73.1 Å². The highest BCUT2D eigenvalue weighted by Crippen LogP contribution is 2.20. The third-order valence-corrected chi connectivity index (χ3v) is 3.93. The molecule has 8 heteroatoms. The molecule has 6 nitrogen and oxygen atoms in total. The van der Waals surface area contributed by atoms with E-state index in [0.717, 1.165) is 5.56 Å². The maximum absolute atomic E-state index is 12.5. The minimum absolute atomic E-state index is 0.00921. The van der Waals surface area contributed by atoms with E-state index in [1.54, 1.807) is 42.5 Å². The maximum Gasteiger partial charge on any atom is 0.387 e. The van der Waals surface area contributed by atoms with E-state index in [-0.39, 0.29) is 23.8 Å². The van der Waals surface area contributed by atoms with Gasteiger partial charge in [0.2, 0.25) is 0 Å². The molecule has 0 unspecified atom stereocenters. The summed E-state index contributed by atoms with van der Waals surface area (Å²) < 4.78 is 29.4. The molecule has 1 aromatic heterocycles. The number of hydrogen-bond acceptors (Lipinski definition) is 4. The highest BCUT2D eigenvalue weighted by Gasteiger charge is 2.15. The van der Waals surface area contributed by atoms with Gasteiger partial charge in [-0.2, -0.15) is 8.78 Å². The summed E-state index contributed by atoms with van der Waals surface area (Å²) in [4.78, 5) is 28.4. The van der Waals surface area contributed by atoms with Gasteiger partial charge in [0.05, 0.1) is 5.56 Å². The van der Waals surface area contributed by atoms with Crippen molar-refractivity contribution in [2.24, 2.45) is 0 Å². The van der Waals surface area contributed by atoms with Crippen molar-refractivity contribution in [3.05, 3.63) is 89.7 Å². The molecule has 3 rings (SSSR count). The zero-order chi connectivity index (χ0) is 20.6. The number of ether oxygens (including phenoxy) is 1. The van der Waals surface area contributed by atoms with Crippen molar-refractivity contribution in [3.63, 3.8) is 0 Å². The van der Waals surface area contributed by atoms with Crippen molar-refractivity contribution < 1.29 is 23.1 Å². The average Bonchev–Trinajstić information content (AvgIpc) is 2.73. The Morgan fingerprint density at radius 1 is 0.966 bits per heavy atom. The van der Waals surface area contributed by atoms with Gasteiger partial charge >= 0.3 is 6.61 Å². The number of rotatable bonds is 7. The minimum atomic E-state index is -3.02. The van der Waals surface area contributed by atoms with Gasteiger partial charge < -0.3 is 15.4 Å². The third kappa shape index (κ3) is 5.58. The molecule has 0 aliphatic carbocycles. The first-order valence-corrected chi connectivity index (χ1v) is 8.65. The summed E-state index contributed by atoms with van der Waals surface area (Å²) in [5, 5.41) is 5.42. The minimum Gasteiger partial charge on any atom is -0.434 e. The molecule has 0 aliphatic heterocycles. The average molecular weight is 397 g/mol. The van der Waals surface area contributed by atoms with Crippen LogP contribution < -0.4 is 15.4 Å². The van der Waals surface area contributed by atoms with Gasteiger partial charge in [0.15, 0.2) is 0 Å². The number of benzene rings is 2. The molecule has 2 N–H and O–H groups in total. The number of pyridine rings is 1. The lowest BCUT2D eigenvalue weighted by Gasteiger charge is -2.11. The first-order valence-electron chi connectivity index (χ1n) is 8.65. The second-order valence-corrected chi connectivity index (χ2v) is 5.95. The van der Waals surface area contributed by atoms with Crippen molar-refractivity contribution in [1.82, 2.24) is 10.3 Å². The normalized spacial score (nSPS) is 10.4. The lowest BCUT2D eigenvalue weighted by atomic mass is 10.1. The summed E-state index contributed by atoms with van der Waals surface area (Å²) in [5.74, 6) is -1.03. The van der Waals surface area contributed by atoms with Crippen molar-refractivity contribution in [1.29, 1.82) is 0 Å². The predicted octanol–water partition coefficient (Wildman–Crippen LogP) is 3.87. The molecule has 0 fully saturated rings. The van der Waals surface area contributed by atoms with Gasteiger partial charge in [-0.15, -0.1) is 0 Å². The van der Waals surface area contributed by atoms with Crippen molar-refractivity contribution in [3.8, 4) is 5.75 Å². The second kappa shape index (κ2) is 9.41. The van der Waals surface area contributed by atoms with E-state index in [1.165, 1.54) is 30.6 Å². The Morgan fingerprint density at radius 3 is 2.48 bits per heavy atom. The van der Waals surface area contributed by atoms with Gasteiger partial charge in [-0.25, -0.2) is 0 Å². The Kier molecular flexibility index (Phi) is 6.47. The molecule has 148 valence electrons. The maximum atomic E-state index is 12.5. The van der Waals surface area contributed by atoms with Gasteiger partial charge in [0, 0.05) is 30.2 Å². The molecule has 0 bridgehead atoms. The fraction of sp³-hybridized carbons (Fsp3) is 0.0952. The zero-order valence-electron chi connectivity index (χ0n) is 15.1. The van der Waals surface area contributed by atoms with E-state index in [0.29, 0.717) is 11.3 Å². The largest absolute Gasteiger partial charge is 0.434 e. The van der Waals surface area contributed by atoms with Crippen LogP contribution in [-0.2, 0) is 6.54 Å². The quantitative estimate of drug-likeness (QED) is 0.634. The molecule has 0 atom stereocenters. The standard InChI is InChI=1S/C21H17F2N3O3/c22-21(23)29-18-7-2-1-6-17(18)20(28)25-13-14-4-3-5-16(12-14)26-19(27)15-8-10-24-11-9-15/h1-12,21H,13H2,(H,25,28)(H,26,27). The number of aromatic nitrogens is 1. The van der Waals surface area contributed by atoms with Crippen LogP contribution in [0.5, 0.6) is 5.75 Å². The number of para-hydroxylation sites is 1. The van der Waals surface area contributed by atoms with Gasteiger partial charge in [-0.05, 0) is 42.0 Å². The van der Waals surface area contributed by atoms with Crippen LogP contribution in [0.2, 0.25) is 0 Å². The highest BCUT2D eigenvalue weighted by atomic mass is 19.3. The number of anilines is 1. The molecule has 29 heavy (non-hydrogen) atoms. The van der Waals surface area contributed by atoms with Crippen LogP contribution in [0.1, 0.15) is 26.3 Å². The number of carbonyl (C=O) groups excluding carboxylic acids is 2. The number of hydrogen-bond donors (Lipinski definition) is 2. The van der Waals surface area contributed by atoms with E-state index in [9.17, 15) is 18.4 Å². The van der Waals surface area contributed by atoms with Crippen LogP contribution in [0.4, 0.5) is 14.5 Å². The van der Waals surface area contributed by atoms with E-state index < -0.39 is 12.5 Å². The highest BCUT2D eigenvalue weighted by molar-refractivity contribution is 6.04. The molecule has 0 saturated heterocycles. The SMILES string of the molecule is O=C(Nc1cccc(CNC(=O)c2ccccc2OC(F)F)c1)c1ccncc1. The first kappa shape index (κ1) is 19.9. The van der Waals surface area contributed by atoms with E-state index in [2.05, 4.69) is 20.4 Å². The van der Waals surface area contributed by atoms with Crippen LogP contribution in [0.25, 0.3) is 0 Å². The van der Waals surface area contributed by atoms with Crippen LogP contribution in [-0.4, -0.2) is 23.4 Å². The zero-order valence-corrected chi connectivity index (χ0v) is 15.1.